The van der Waals surface area contributed by atoms with Gasteiger partial charge in [0.1, 0.15) is 11.3 Å². The van der Waals surface area contributed by atoms with Crippen LogP contribution in [0.5, 0.6) is 0 Å². The van der Waals surface area contributed by atoms with Gasteiger partial charge in [-0.3, -0.25) is 4.79 Å². The van der Waals surface area contributed by atoms with Crippen molar-refractivity contribution < 1.29 is 14.3 Å². The van der Waals surface area contributed by atoms with Crippen molar-refractivity contribution in [2.45, 2.75) is 38.3 Å². The molecule has 1 aliphatic rings. The van der Waals surface area contributed by atoms with Crippen molar-refractivity contribution >= 4 is 43.6 Å². The molecule has 30 heavy (non-hydrogen) atoms. The Morgan fingerprint density at radius 3 is 2.43 bits per heavy atom. The van der Waals surface area contributed by atoms with Gasteiger partial charge in [-0.25, -0.2) is 9.48 Å². The summed E-state index contributed by atoms with van der Waals surface area (Å²) in [5.41, 5.74) is 0.266. The number of Topliss-reactive ketones (excluding diaryl/α,β-unsaturated/α-hetero) is 1. The van der Waals surface area contributed by atoms with Gasteiger partial charge in [0.15, 0.2) is 0 Å². The first kappa shape index (κ1) is 20.9. The van der Waals surface area contributed by atoms with Gasteiger partial charge in [-0.05, 0) is 56.7 Å². The highest BCUT2D eigenvalue weighted by Crippen LogP contribution is 2.39. The molecule has 3 aromatic rings. The van der Waals surface area contributed by atoms with Crippen LogP contribution in [-0.2, 0) is 21.5 Å². The van der Waals surface area contributed by atoms with Gasteiger partial charge in [-0.15, -0.1) is 5.10 Å². The second kappa shape index (κ2) is 7.42. The molecule has 8 heteroatoms. The van der Waals surface area contributed by atoms with Crippen LogP contribution < -0.4 is 0 Å². The maximum absolute atomic E-state index is 13.5. The lowest BCUT2D eigenvalue weighted by atomic mass is 9.94. The first-order valence-electron chi connectivity index (χ1n) is 9.36. The number of esters is 1. The monoisotopic (exact) mass is 531 g/mol. The summed E-state index contributed by atoms with van der Waals surface area (Å²) in [7, 11) is 0. The number of nitrogens with zero attached hydrogens (tertiary/aromatic N) is 3. The lowest BCUT2D eigenvalue weighted by Crippen LogP contribution is -2.50. The number of benzene rings is 2. The van der Waals surface area contributed by atoms with E-state index in [1.165, 1.54) is 4.68 Å². The fourth-order valence-electron chi connectivity index (χ4n) is 3.52. The van der Waals surface area contributed by atoms with E-state index in [2.05, 4.69) is 42.2 Å². The van der Waals surface area contributed by atoms with Crippen LogP contribution >= 0.6 is 31.9 Å². The topological polar surface area (TPSA) is 74.1 Å². The summed E-state index contributed by atoms with van der Waals surface area (Å²) >= 11 is 6.85. The van der Waals surface area contributed by atoms with Crippen molar-refractivity contribution in [2.75, 3.05) is 0 Å². The van der Waals surface area contributed by atoms with Gasteiger partial charge >= 0.3 is 5.97 Å². The van der Waals surface area contributed by atoms with Crippen LogP contribution in [0.25, 0.3) is 11.3 Å². The van der Waals surface area contributed by atoms with Gasteiger partial charge in [0.25, 0.3) is 0 Å². The van der Waals surface area contributed by atoms with Gasteiger partial charge < -0.3 is 4.74 Å². The molecule has 0 radical (unpaired) electrons. The number of hydrogen-bond donors (Lipinski definition) is 0. The van der Waals surface area contributed by atoms with E-state index < -0.39 is 17.1 Å². The Kier molecular flexibility index (Phi) is 5.18. The highest BCUT2D eigenvalue weighted by Gasteiger charge is 2.56. The standard InChI is InChI=1S/C22H19Br2N3O3/c1-21(2,3)30-20(29)22(11-14-10-16(24)8-9-17(14)19(22)28)27-12-18(25-26-27)13-4-6-15(23)7-5-13/h4-10,12H,11H2,1-3H3/t22-/m1/s1. The molecule has 0 N–H and O–H groups in total. The maximum Gasteiger partial charge on any atom is 0.343 e. The minimum atomic E-state index is -1.63. The third-order valence-electron chi connectivity index (χ3n) is 4.89. The Bertz CT molecular complexity index is 1150. The van der Waals surface area contributed by atoms with Crippen molar-refractivity contribution in [3.05, 3.63) is 68.7 Å². The number of hydrogen-bond acceptors (Lipinski definition) is 5. The maximum atomic E-state index is 13.5. The fraction of sp³-hybridized carbons (Fsp3) is 0.273. The van der Waals surface area contributed by atoms with Crippen LogP contribution in [0.4, 0.5) is 0 Å². The molecule has 154 valence electrons. The third kappa shape index (κ3) is 3.63. The minimum absolute atomic E-state index is 0.151. The van der Waals surface area contributed by atoms with Crippen LogP contribution in [-0.4, -0.2) is 32.3 Å². The molecule has 0 spiro atoms. The zero-order chi connectivity index (χ0) is 21.7. The first-order valence-corrected chi connectivity index (χ1v) is 10.9. The Morgan fingerprint density at radius 1 is 1.10 bits per heavy atom. The predicted molar refractivity (Wildman–Crippen MR) is 119 cm³/mol. The number of aromatic nitrogens is 3. The molecule has 0 unspecified atom stereocenters. The van der Waals surface area contributed by atoms with Crippen LogP contribution in [0.1, 0.15) is 36.7 Å². The number of carbonyl (C=O) groups excluding carboxylic acids is 2. The van der Waals surface area contributed by atoms with Crippen LogP contribution in [0.15, 0.2) is 57.6 Å². The fourth-order valence-corrected chi connectivity index (χ4v) is 4.19. The molecule has 0 aliphatic heterocycles. The molecule has 6 nitrogen and oxygen atoms in total. The Hall–Kier alpha value is -2.32. The summed E-state index contributed by atoms with van der Waals surface area (Å²) in [5.74, 6) is -0.980. The summed E-state index contributed by atoms with van der Waals surface area (Å²) in [6, 6.07) is 12.9. The van der Waals surface area contributed by atoms with E-state index in [0.717, 1.165) is 20.1 Å². The molecule has 0 bridgehead atoms. The summed E-state index contributed by atoms with van der Waals surface area (Å²) < 4.78 is 8.81. The van der Waals surface area contributed by atoms with Gasteiger partial charge in [0.2, 0.25) is 11.3 Å². The van der Waals surface area contributed by atoms with Crippen LogP contribution in [0.3, 0.4) is 0 Å². The number of halogens is 2. The number of carbonyl (C=O) groups is 2. The molecule has 1 heterocycles. The van der Waals surface area contributed by atoms with E-state index in [9.17, 15) is 9.59 Å². The molecule has 1 aliphatic carbocycles. The van der Waals surface area contributed by atoms with E-state index in [-0.39, 0.29) is 12.2 Å². The van der Waals surface area contributed by atoms with E-state index in [1.54, 1.807) is 39.1 Å². The van der Waals surface area contributed by atoms with Gasteiger partial charge in [0, 0.05) is 26.5 Å². The van der Waals surface area contributed by atoms with Crippen LogP contribution in [0, 0.1) is 0 Å². The second-order valence-corrected chi connectivity index (χ2v) is 10.1. The minimum Gasteiger partial charge on any atom is -0.458 e. The molecule has 0 saturated heterocycles. The first-order chi connectivity index (χ1) is 14.1. The van der Waals surface area contributed by atoms with Crippen molar-refractivity contribution in [1.82, 2.24) is 15.0 Å². The largest absolute Gasteiger partial charge is 0.458 e. The van der Waals surface area contributed by atoms with E-state index >= 15 is 0 Å². The van der Waals surface area contributed by atoms with Crippen LogP contribution in [0.2, 0.25) is 0 Å². The number of ether oxygens (including phenoxy) is 1. The number of rotatable bonds is 3. The molecule has 0 fully saturated rings. The molecule has 1 aromatic heterocycles. The Balaban J connectivity index is 1.83. The number of ketones is 1. The molecule has 2 aromatic carbocycles. The van der Waals surface area contributed by atoms with E-state index in [1.807, 2.05) is 30.3 Å². The summed E-state index contributed by atoms with van der Waals surface area (Å²) in [6.07, 6.45) is 1.78. The second-order valence-electron chi connectivity index (χ2n) is 8.22. The zero-order valence-electron chi connectivity index (χ0n) is 16.6. The van der Waals surface area contributed by atoms with E-state index in [4.69, 9.17) is 4.74 Å². The van der Waals surface area contributed by atoms with Gasteiger partial charge in [0.05, 0.1) is 6.20 Å². The smallest absolute Gasteiger partial charge is 0.343 e. The summed E-state index contributed by atoms with van der Waals surface area (Å²) in [6.45, 7) is 5.32. The van der Waals surface area contributed by atoms with Crippen molar-refractivity contribution in [2.24, 2.45) is 0 Å². The van der Waals surface area contributed by atoms with Gasteiger partial charge in [-0.2, -0.15) is 0 Å². The number of fused-ring (bicyclic) bond motifs is 1. The highest BCUT2D eigenvalue weighted by molar-refractivity contribution is 9.10. The van der Waals surface area contributed by atoms with Crippen molar-refractivity contribution in [3.8, 4) is 11.3 Å². The van der Waals surface area contributed by atoms with Crippen molar-refractivity contribution in [1.29, 1.82) is 0 Å². The molecular formula is C22H19Br2N3O3. The zero-order valence-corrected chi connectivity index (χ0v) is 19.8. The highest BCUT2D eigenvalue weighted by atomic mass is 79.9. The third-order valence-corrected chi connectivity index (χ3v) is 5.92. The van der Waals surface area contributed by atoms with Crippen molar-refractivity contribution in [3.63, 3.8) is 0 Å². The summed E-state index contributed by atoms with van der Waals surface area (Å²) in [5, 5.41) is 8.43. The lowest BCUT2D eigenvalue weighted by Gasteiger charge is -2.29. The molecule has 4 rings (SSSR count). The molecule has 0 saturated carbocycles. The Morgan fingerprint density at radius 2 is 1.77 bits per heavy atom. The molecule has 1 atom stereocenters. The quantitative estimate of drug-likeness (QED) is 0.352. The average molecular weight is 533 g/mol. The predicted octanol–water partition coefficient (Wildman–Crippen LogP) is 4.95. The molecule has 0 amide bonds. The lowest BCUT2D eigenvalue weighted by molar-refractivity contribution is -0.163. The van der Waals surface area contributed by atoms with E-state index in [0.29, 0.717) is 11.3 Å². The molecular weight excluding hydrogens is 514 g/mol. The Labute approximate surface area is 190 Å². The average Bonchev–Trinajstić information content (AvgIpc) is 3.25. The van der Waals surface area contributed by atoms with Gasteiger partial charge in [-0.1, -0.05) is 49.2 Å². The normalized spacial score (nSPS) is 18.4. The summed E-state index contributed by atoms with van der Waals surface area (Å²) in [4.78, 5) is 26.9. The SMILES string of the molecule is CC(C)(C)OC(=O)[C@@]1(n2cc(-c3ccc(Br)cc3)nn2)Cc2cc(Br)ccc2C1=O.